The molecule has 4 rings (SSSR count). The molecule has 0 spiro atoms. The van der Waals surface area contributed by atoms with Gasteiger partial charge in [0.1, 0.15) is 10.3 Å². The fourth-order valence-electron chi connectivity index (χ4n) is 3.92. The summed E-state index contributed by atoms with van der Waals surface area (Å²) >= 11 is 1.08. The van der Waals surface area contributed by atoms with E-state index in [2.05, 4.69) is 10.7 Å². The van der Waals surface area contributed by atoms with Crippen molar-refractivity contribution in [3.8, 4) is 0 Å². The van der Waals surface area contributed by atoms with Gasteiger partial charge >= 0.3 is 5.97 Å². The molecule has 0 saturated carbocycles. The zero-order valence-electron chi connectivity index (χ0n) is 17.1. The van der Waals surface area contributed by atoms with Gasteiger partial charge in [-0.05, 0) is 35.8 Å². The molecule has 0 saturated heterocycles. The lowest BCUT2D eigenvalue weighted by Gasteiger charge is -2.28. The molecule has 3 aliphatic heterocycles. The van der Waals surface area contributed by atoms with Gasteiger partial charge in [0.2, 0.25) is 10.0 Å². The highest BCUT2D eigenvalue weighted by atomic mass is 32.3. The van der Waals surface area contributed by atoms with Crippen molar-refractivity contribution in [2.45, 2.75) is 31.7 Å². The first-order chi connectivity index (χ1) is 14.7. The number of carbonyl (C=O) groups is 2. The number of carboxylic acids is 1. The third-order valence-corrected chi connectivity index (χ3v) is 9.11. The average Bonchev–Trinajstić information content (AvgIpc) is 3.41. The number of nitrogens with zero attached hydrogens (tertiary/aromatic N) is 2. The molecule has 3 N–H and O–H groups in total. The Morgan fingerprint density at radius 2 is 1.97 bits per heavy atom. The van der Waals surface area contributed by atoms with Crippen molar-refractivity contribution in [2.24, 2.45) is 5.92 Å². The lowest BCUT2D eigenvalue weighted by atomic mass is 10.0. The van der Waals surface area contributed by atoms with Crippen LogP contribution in [0.1, 0.15) is 30.6 Å². The van der Waals surface area contributed by atoms with Crippen LogP contribution in [0.2, 0.25) is 0 Å². The fraction of sp³-hybridized carbons (Fsp3) is 0.400. The second-order valence-corrected chi connectivity index (χ2v) is 11.2. The van der Waals surface area contributed by atoms with Crippen LogP contribution < -0.4 is 15.8 Å². The summed E-state index contributed by atoms with van der Waals surface area (Å²) < 4.78 is 27.1. The highest BCUT2D eigenvalue weighted by Gasteiger charge is 2.48. The number of thioether (sulfide) groups is 1. The van der Waals surface area contributed by atoms with Gasteiger partial charge in [0.25, 0.3) is 5.91 Å². The van der Waals surface area contributed by atoms with Crippen LogP contribution in [-0.2, 0) is 14.8 Å². The van der Waals surface area contributed by atoms with Gasteiger partial charge in [0, 0.05) is 31.3 Å². The molecule has 9 nitrogen and oxygen atoms in total. The molecule has 0 bridgehead atoms. The molecule has 1 aromatic rings. The largest absolute Gasteiger partial charge is 0.480 e. The van der Waals surface area contributed by atoms with Crippen LogP contribution in [-0.4, -0.2) is 54.2 Å². The number of carboxylic acid groups (broad SMARTS) is 1. The number of rotatable bonds is 6. The van der Waals surface area contributed by atoms with Crippen LogP contribution in [0.15, 0.2) is 46.4 Å². The van der Waals surface area contributed by atoms with Gasteiger partial charge in [0.15, 0.2) is 0 Å². The zero-order valence-corrected chi connectivity index (χ0v) is 18.7. The van der Waals surface area contributed by atoms with Crippen LogP contribution >= 0.6 is 11.8 Å². The second kappa shape index (κ2) is 8.30. The minimum atomic E-state index is -3.88. The summed E-state index contributed by atoms with van der Waals surface area (Å²) in [4.78, 5) is 24.3. The van der Waals surface area contributed by atoms with E-state index in [-0.39, 0.29) is 22.6 Å². The number of nitrogens with one attached hydrogen (secondary N) is 2. The maximum Gasteiger partial charge on any atom is 0.322 e. The van der Waals surface area contributed by atoms with E-state index in [0.29, 0.717) is 17.6 Å². The molecule has 166 valence electrons. The highest BCUT2D eigenvalue weighted by molar-refractivity contribution is 8.18. The Morgan fingerprint density at radius 1 is 1.26 bits per heavy atom. The summed E-state index contributed by atoms with van der Waals surface area (Å²) in [6.07, 6.45) is 4.26. The number of sulfonamides is 1. The van der Waals surface area contributed by atoms with Gasteiger partial charge in [0.05, 0.1) is 11.1 Å². The van der Waals surface area contributed by atoms with Crippen molar-refractivity contribution in [2.75, 3.05) is 18.1 Å². The number of hydrazine groups is 1. The Bertz CT molecular complexity index is 1070. The van der Waals surface area contributed by atoms with Crippen molar-refractivity contribution < 1.29 is 23.1 Å². The van der Waals surface area contributed by atoms with Crippen LogP contribution in [0, 0.1) is 5.92 Å². The number of carbonyl (C=O) groups excluding carboxylic acids is 1. The first-order valence-electron chi connectivity index (χ1n) is 9.92. The smallest absolute Gasteiger partial charge is 0.322 e. The maximum atomic E-state index is 12.9. The van der Waals surface area contributed by atoms with E-state index in [4.69, 9.17) is 0 Å². The highest BCUT2D eigenvalue weighted by Crippen LogP contribution is 2.47. The van der Waals surface area contributed by atoms with E-state index in [1.54, 1.807) is 26.0 Å². The van der Waals surface area contributed by atoms with Crippen LogP contribution in [0.5, 0.6) is 0 Å². The molecule has 1 amide bonds. The van der Waals surface area contributed by atoms with Crippen molar-refractivity contribution in [1.82, 2.24) is 15.0 Å². The number of amides is 1. The van der Waals surface area contributed by atoms with E-state index in [0.717, 1.165) is 28.3 Å². The minimum absolute atomic E-state index is 0.0528. The fourth-order valence-corrected chi connectivity index (χ4v) is 7.75. The molecule has 2 atom stereocenters. The first-order valence-corrected chi connectivity index (χ1v) is 12.2. The Kier molecular flexibility index (Phi) is 5.86. The molecule has 0 aromatic heterocycles. The standard InChI is InChI=1S/C20H24N4O5S2/c1-12(2)17(19(26)27)24-11-14-10-16(30-20(14)31(24,28)29)22-18(25)13-4-6-15(7-5-13)23-9-3-8-21-23/h3-7,9,12,16-17,21H,8,10-11H2,1-2H3,(H,22,25)(H,26,27). The molecule has 3 aliphatic rings. The summed E-state index contributed by atoms with van der Waals surface area (Å²) in [5, 5.41) is 13.8. The van der Waals surface area contributed by atoms with Gasteiger partial charge in [-0.3, -0.25) is 14.6 Å². The van der Waals surface area contributed by atoms with Crippen molar-refractivity contribution in [3.63, 3.8) is 0 Å². The lowest BCUT2D eigenvalue weighted by Crippen LogP contribution is -2.46. The second-order valence-electron chi connectivity index (χ2n) is 7.92. The quantitative estimate of drug-likeness (QED) is 0.582. The maximum absolute atomic E-state index is 12.9. The van der Waals surface area contributed by atoms with Crippen molar-refractivity contribution >= 4 is 39.3 Å². The van der Waals surface area contributed by atoms with Crippen molar-refractivity contribution in [3.05, 3.63) is 51.9 Å². The summed E-state index contributed by atoms with van der Waals surface area (Å²) in [7, 11) is -3.88. The first kappa shape index (κ1) is 21.9. The van der Waals surface area contributed by atoms with Gasteiger partial charge in [-0.15, -0.1) is 0 Å². The van der Waals surface area contributed by atoms with E-state index in [9.17, 15) is 23.1 Å². The Morgan fingerprint density at radius 3 is 2.52 bits per heavy atom. The molecular formula is C20H24N4O5S2. The van der Waals surface area contributed by atoms with Gasteiger partial charge in [-0.25, -0.2) is 13.8 Å². The minimum Gasteiger partial charge on any atom is -0.480 e. The van der Waals surface area contributed by atoms with E-state index < -0.39 is 27.4 Å². The summed E-state index contributed by atoms with van der Waals surface area (Å²) in [6, 6.07) is 5.99. The lowest BCUT2D eigenvalue weighted by molar-refractivity contribution is -0.142. The third kappa shape index (κ3) is 4.10. The molecular weight excluding hydrogens is 440 g/mol. The van der Waals surface area contributed by atoms with Gasteiger partial charge in [-0.2, -0.15) is 4.31 Å². The normalized spacial score (nSPS) is 23.5. The monoisotopic (exact) mass is 464 g/mol. The molecule has 2 unspecified atom stereocenters. The number of hydrogen-bond acceptors (Lipinski definition) is 7. The molecule has 31 heavy (non-hydrogen) atoms. The molecule has 0 aliphatic carbocycles. The molecule has 11 heteroatoms. The predicted octanol–water partition coefficient (Wildman–Crippen LogP) is 1.68. The number of hydrogen-bond donors (Lipinski definition) is 3. The van der Waals surface area contributed by atoms with E-state index in [1.807, 2.05) is 29.4 Å². The topological polar surface area (TPSA) is 119 Å². The number of benzene rings is 1. The predicted molar refractivity (Wildman–Crippen MR) is 118 cm³/mol. The number of anilines is 1. The molecule has 0 fully saturated rings. The van der Waals surface area contributed by atoms with Gasteiger partial charge < -0.3 is 10.4 Å². The SMILES string of the molecule is CC(C)C(C(=O)O)N1CC2=C(SC(NC(=O)c3ccc(N4C=CCN4)cc3)C2)S1(=O)=O. The molecule has 3 heterocycles. The summed E-state index contributed by atoms with van der Waals surface area (Å²) in [6.45, 7) is 4.19. The van der Waals surface area contributed by atoms with Crippen LogP contribution in [0.25, 0.3) is 0 Å². The van der Waals surface area contributed by atoms with Crippen LogP contribution in [0.3, 0.4) is 0 Å². The Labute approximate surface area is 185 Å². The summed E-state index contributed by atoms with van der Waals surface area (Å²) in [5.41, 5.74) is 5.20. The zero-order chi connectivity index (χ0) is 22.3. The number of aliphatic carboxylic acids is 1. The van der Waals surface area contributed by atoms with Crippen molar-refractivity contribution in [1.29, 1.82) is 0 Å². The summed E-state index contributed by atoms with van der Waals surface area (Å²) in [5.74, 6) is -1.80. The van der Waals surface area contributed by atoms with E-state index >= 15 is 0 Å². The van der Waals surface area contributed by atoms with Crippen LogP contribution in [0.4, 0.5) is 5.69 Å². The third-order valence-electron chi connectivity index (χ3n) is 5.39. The molecule has 0 radical (unpaired) electrons. The van der Waals surface area contributed by atoms with E-state index in [1.165, 1.54) is 0 Å². The molecule has 1 aromatic carbocycles. The average molecular weight is 465 g/mol. The Hall–Kier alpha value is -2.34. The van der Waals surface area contributed by atoms with Gasteiger partial charge in [-0.1, -0.05) is 31.7 Å². The Balaban J connectivity index is 1.40.